The lowest BCUT2D eigenvalue weighted by Gasteiger charge is -1.93. The number of hydrogen-bond donors (Lipinski definition) is 0. The molecule has 2 heteroatoms. The first kappa shape index (κ1) is 11.0. The molecule has 0 aromatic rings. The molecular weight excluding hydrogens is 152 g/mol. The Morgan fingerprint density at radius 3 is 2.75 bits per heavy atom. The first-order valence-electron chi connectivity index (χ1n) is 4.27. The number of unbranched alkanes of at least 4 members (excludes halogenated alkanes) is 1. The van der Waals surface area contributed by atoms with Crippen LogP contribution in [0.15, 0.2) is 24.5 Å². The Morgan fingerprint density at radius 2 is 2.17 bits per heavy atom. The van der Waals surface area contributed by atoms with E-state index in [2.05, 4.69) is 6.92 Å². The quantitative estimate of drug-likeness (QED) is 0.358. The van der Waals surface area contributed by atoms with Crippen molar-refractivity contribution in [3.8, 4) is 0 Å². The predicted octanol–water partition coefficient (Wildman–Crippen LogP) is 2.81. The summed E-state index contributed by atoms with van der Waals surface area (Å²) in [7, 11) is 0. The molecule has 0 fully saturated rings. The maximum absolute atomic E-state index is 10.8. The van der Waals surface area contributed by atoms with Crippen LogP contribution in [0, 0.1) is 0 Å². The summed E-state index contributed by atoms with van der Waals surface area (Å²) in [6.45, 7) is 3.95. The van der Waals surface area contributed by atoms with Gasteiger partial charge in [0.1, 0.15) is 0 Å². The summed E-state index contributed by atoms with van der Waals surface area (Å²) in [5, 5.41) is 0. The van der Waals surface area contributed by atoms with Gasteiger partial charge in [0.25, 0.3) is 0 Å². The van der Waals surface area contributed by atoms with Crippen LogP contribution in [0.2, 0.25) is 0 Å². The highest BCUT2D eigenvalue weighted by molar-refractivity contribution is 5.71. The Morgan fingerprint density at radius 1 is 1.42 bits per heavy atom. The van der Waals surface area contributed by atoms with Crippen LogP contribution in [0.1, 0.15) is 33.1 Å². The van der Waals surface area contributed by atoms with Crippen LogP contribution in [-0.4, -0.2) is 5.97 Å². The van der Waals surface area contributed by atoms with Gasteiger partial charge in [-0.3, -0.25) is 4.79 Å². The molecule has 0 amide bonds. The molecule has 0 atom stereocenters. The Labute approximate surface area is 73.9 Å². The van der Waals surface area contributed by atoms with E-state index in [1.54, 1.807) is 6.08 Å². The van der Waals surface area contributed by atoms with E-state index in [9.17, 15) is 4.79 Å². The fourth-order valence-corrected chi connectivity index (χ4v) is 0.621. The van der Waals surface area contributed by atoms with E-state index in [0.29, 0.717) is 6.42 Å². The lowest BCUT2D eigenvalue weighted by Crippen LogP contribution is -1.96. The van der Waals surface area contributed by atoms with Crippen LogP contribution >= 0.6 is 0 Å². The fourth-order valence-electron chi connectivity index (χ4n) is 0.621. The fraction of sp³-hybridized carbons (Fsp3) is 0.500. The Bertz CT molecular complexity index is 169. The topological polar surface area (TPSA) is 26.3 Å². The van der Waals surface area contributed by atoms with E-state index in [1.807, 2.05) is 19.1 Å². The third kappa shape index (κ3) is 7.06. The average Bonchev–Trinajstić information content (AvgIpc) is 2.09. The van der Waals surface area contributed by atoms with Gasteiger partial charge in [-0.05, 0) is 19.4 Å². The molecule has 0 aliphatic rings. The summed E-state index contributed by atoms with van der Waals surface area (Å²) >= 11 is 0. The molecule has 0 aromatic carbocycles. The molecule has 0 N–H and O–H groups in total. The normalized spacial score (nSPS) is 11.2. The van der Waals surface area contributed by atoms with E-state index in [-0.39, 0.29) is 5.97 Å². The van der Waals surface area contributed by atoms with Gasteiger partial charge in [-0.1, -0.05) is 25.5 Å². The summed E-state index contributed by atoms with van der Waals surface area (Å²) in [6, 6.07) is 0. The van der Waals surface area contributed by atoms with E-state index in [1.165, 1.54) is 6.26 Å². The van der Waals surface area contributed by atoms with Crippen molar-refractivity contribution in [2.75, 3.05) is 0 Å². The van der Waals surface area contributed by atoms with Crippen LogP contribution in [0.5, 0.6) is 0 Å². The first-order chi connectivity index (χ1) is 5.81. The summed E-state index contributed by atoms with van der Waals surface area (Å²) < 4.78 is 4.78. The van der Waals surface area contributed by atoms with Crippen molar-refractivity contribution in [1.29, 1.82) is 0 Å². The predicted molar refractivity (Wildman–Crippen MR) is 49.6 cm³/mol. The third-order valence-corrected chi connectivity index (χ3v) is 1.27. The zero-order chi connectivity index (χ0) is 9.23. The highest BCUT2D eigenvalue weighted by atomic mass is 16.5. The number of allylic oxidation sites excluding steroid dienone is 2. The van der Waals surface area contributed by atoms with Gasteiger partial charge in [0.05, 0.1) is 12.7 Å². The van der Waals surface area contributed by atoms with E-state index in [0.717, 1.165) is 12.8 Å². The van der Waals surface area contributed by atoms with Crippen molar-refractivity contribution < 1.29 is 9.53 Å². The van der Waals surface area contributed by atoms with Gasteiger partial charge in [-0.2, -0.15) is 0 Å². The second-order valence-electron chi connectivity index (χ2n) is 2.42. The second kappa shape index (κ2) is 8.05. The molecule has 0 radical (unpaired) electrons. The van der Waals surface area contributed by atoms with E-state index in [4.69, 9.17) is 4.74 Å². The maximum Gasteiger partial charge on any atom is 0.314 e. The monoisotopic (exact) mass is 168 g/mol. The molecule has 0 aliphatic carbocycles. The number of esters is 1. The van der Waals surface area contributed by atoms with Gasteiger partial charge in [0.2, 0.25) is 0 Å². The molecule has 12 heavy (non-hydrogen) atoms. The number of hydrogen-bond acceptors (Lipinski definition) is 2. The minimum atomic E-state index is -0.208. The van der Waals surface area contributed by atoms with Crippen molar-refractivity contribution in [3.05, 3.63) is 24.5 Å². The lowest BCUT2D eigenvalue weighted by molar-refractivity contribution is -0.137. The van der Waals surface area contributed by atoms with Crippen LogP contribution in [0.3, 0.4) is 0 Å². The zero-order valence-corrected chi connectivity index (χ0v) is 7.75. The smallest absolute Gasteiger partial charge is 0.314 e. The SMILES string of the molecule is CC=CCC(=O)OC=CCCC. The Hall–Kier alpha value is -1.05. The van der Waals surface area contributed by atoms with Crippen molar-refractivity contribution in [2.45, 2.75) is 33.1 Å². The van der Waals surface area contributed by atoms with Gasteiger partial charge in [0.15, 0.2) is 0 Å². The van der Waals surface area contributed by atoms with E-state index >= 15 is 0 Å². The van der Waals surface area contributed by atoms with Crippen molar-refractivity contribution in [3.63, 3.8) is 0 Å². The number of carbonyl (C=O) groups is 1. The third-order valence-electron chi connectivity index (χ3n) is 1.27. The standard InChI is InChI=1S/C10H16O2/c1-3-5-7-9-12-10(11)8-6-4-2/h4,6-7,9H,3,5,8H2,1-2H3. The molecule has 0 bridgehead atoms. The lowest BCUT2D eigenvalue weighted by atomic mass is 10.3. The van der Waals surface area contributed by atoms with Crippen molar-refractivity contribution >= 4 is 5.97 Å². The maximum atomic E-state index is 10.8. The minimum absolute atomic E-state index is 0.208. The molecule has 0 spiro atoms. The molecule has 0 saturated carbocycles. The number of rotatable bonds is 5. The average molecular weight is 168 g/mol. The molecule has 0 unspecified atom stereocenters. The van der Waals surface area contributed by atoms with Gasteiger partial charge in [0, 0.05) is 0 Å². The summed E-state index contributed by atoms with van der Waals surface area (Å²) in [6.07, 6.45) is 9.31. The minimum Gasteiger partial charge on any atom is -0.435 e. The summed E-state index contributed by atoms with van der Waals surface area (Å²) in [5.41, 5.74) is 0. The van der Waals surface area contributed by atoms with Gasteiger partial charge in [-0.15, -0.1) is 0 Å². The second-order valence-corrected chi connectivity index (χ2v) is 2.42. The Balaban J connectivity index is 3.43. The first-order valence-corrected chi connectivity index (χ1v) is 4.27. The highest BCUT2D eigenvalue weighted by Gasteiger charge is 1.94. The van der Waals surface area contributed by atoms with Crippen molar-refractivity contribution in [2.24, 2.45) is 0 Å². The summed E-state index contributed by atoms with van der Waals surface area (Å²) in [5.74, 6) is -0.208. The number of carbonyl (C=O) groups excluding carboxylic acids is 1. The summed E-state index contributed by atoms with van der Waals surface area (Å²) in [4.78, 5) is 10.8. The molecule has 0 saturated heterocycles. The van der Waals surface area contributed by atoms with Crippen LogP contribution in [0.25, 0.3) is 0 Å². The molecule has 2 nitrogen and oxygen atoms in total. The van der Waals surface area contributed by atoms with Crippen LogP contribution < -0.4 is 0 Å². The largest absolute Gasteiger partial charge is 0.435 e. The highest BCUT2D eigenvalue weighted by Crippen LogP contribution is 1.92. The van der Waals surface area contributed by atoms with E-state index < -0.39 is 0 Å². The van der Waals surface area contributed by atoms with Crippen LogP contribution in [-0.2, 0) is 9.53 Å². The van der Waals surface area contributed by atoms with Crippen molar-refractivity contribution in [1.82, 2.24) is 0 Å². The van der Waals surface area contributed by atoms with Gasteiger partial charge >= 0.3 is 5.97 Å². The molecular formula is C10H16O2. The molecule has 68 valence electrons. The van der Waals surface area contributed by atoms with Crippen LogP contribution in [0.4, 0.5) is 0 Å². The zero-order valence-electron chi connectivity index (χ0n) is 7.75. The van der Waals surface area contributed by atoms with Gasteiger partial charge in [-0.25, -0.2) is 0 Å². The molecule has 0 aliphatic heterocycles. The molecule has 0 heterocycles. The molecule has 0 rings (SSSR count). The molecule has 0 aromatic heterocycles. The van der Waals surface area contributed by atoms with Gasteiger partial charge < -0.3 is 4.74 Å². The Kier molecular flexibility index (Phi) is 7.35. The number of ether oxygens (including phenoxy) is 1.